The molecule has 0 saturated carbocycles. The summed E-state index contributed by atoms with van der Waals surface area (Å²) < 4.78 is 13.1. The van der Waals surface area contributed by atoms with Gasteiger partial charge < -0.3 is 5.73 Å². The van der Waals surface area contributed by atoms with E-state index >= 15 is 0 Å². The van der Waals surface area contributed by atoms with Crippen LogP contribution < -0.4 is 5.73 Å². The highest BCUT2D eigenvalue weighted by molar-refractivity contribution is 5.81. The number of nitriles is 2. The molecular formula is C10H5FN3. The van der Waals surface area contributed by atoms with Crippen LogP contribution in [0.3, 0.4) is 0 Å². The van der Waals surface area contributed by atoms with Gasteiger partial charge in [-0.05, 0) is 0 Å². The highest BCUT2D eigenvalue weighted by Crippen LogP contribution is 2.18. The quantitative estimate of drug-likeness (QED) is 0.672. The van der Waals surface area contributed by atoms with Gasteiger partial charge in [0.15, 0.2) is 0 Å². The Labute approximate surface area is 80.5 Å². The molecule has 0 fully saturated rings. The third-order valence-corrected chi connectivity index (χ3v) is 1.58. The first-order valence-corrected chi connectivity index (χ1v) is 3.67. The van der Waals surface area contributed by atoms with E-state index in [9.17, 15) is 4.39 Å². The third kappa shape index (κ3) is 1.70. The molecule has 0 amide bonds. The molecule has 1 rings (SSSR count). The molecule has 0 atom stereocenters. The van der Waals surface area contributed by atoms with E-state index < -0.39 is 5.82 Å². The molecule has 0 aliphatic carbocycles. The van der Waals surface area contributed by atoms with Crippen molar-refractivity contribution in [3.63, 3.8) is 0 Å². The zero-order valence-electron chi connectivity index (χ0n) is 7.08. The normalized spacial score (nSPS) is 11.1. The van der Waals surface area contributed by atoms with Gasteiger partial charge in [0.1, 0.15) is 23.7 Å². The third-order valence-electron chi connectivity index (χ3n) is 1.58. The van der Waals surface area contributed by atoms with Gasteiger partial charge in [0, 0.05) is 11.6 Å². The Balaban J connectivity index is 3.39. The zero-order chi connectivity index (χ0) is 10.6. The summed E-state index contributed by atoms with van der Waals surface area (Å²) in [5.41, 5.74) is 4.77. The maximum Gasteiger partial charge on any atom is 0.139 e. The van der Waals surface area contributed by atoms with Crippen molar-refractivity contribution in [2.75, 3.05) is 0 Å². The van der Waals surface area contributed by atoms with Crippen molar-refractivity contribution in [1.29, 1.82) is 10.5 Å². The molecule has 0 aliphatic rings. The van der Waals surface area contributed by atoms with Crippen molar-refractivity contribution in [3.05, 3.63) is 41.3 Å². The number of rotatable bonds is 1. The SMILES string of the molecule is N#C/C(N)=C(/C#N)c1ccc[c]c1F. The lowest BCUT2D eigenvalue weighted by Gasteiger charge is -2.00. The van der Waals surface area contributed by atoms with Gasteiger partial charge in [-0.2, -0.15) is 10.5 Å². The van der Waals surface area contributed by atoms with Crippen molar-refractivity contribution in [2.24, 2.45) is 5.73 Å². The van der Waals surface area contributed by atoms with Crippen LogP contribution in [0.4, 0.5) is 4.39 Å². The average molecular weight is 186 g/mol. The number of benzene rings is 1. The van der Waals surface area contributed by atoms with Gasteiger partial charge in [-0.3, -0.25) is 0 Å². The van der Waals surface area contributed by atoms with E-state index in [2.05, 4.69) is 6.07 Å². The molecular weight excluding hydrogens is 181 g/mol. The number of allylic oxidation sites excluding steroid dienone is 2. The van der Waals surface area contributed by atoms with Crippen LogP contribution >= 0.6 is 0 Å². The Morgan fingerprint density at radius 1 is 1.43 bits per heavy atom. The summed E-state index contributed by atoms with van der Waals surface area (Å²) >= 11 is 0. The highest BCUT2D eigenvalue weighted by Gasteiger charge is 2.10. The monoisotopic (exact) mass is 186 g/mol. The molecule has 2 N–H and O–H groups in total. The van der Waals surface area contributed by atoms with Crippen molar-refractivity contribution in [1.82, 2.24) is 0 Å². The molecule has 1 aromatic rings. The second-order valence-electron chi connectivity index (χ2n) is 2.41. The van der Waals surface area contributed by atoms with Gasteiger partial charge in [-0.1, -0.05) is 18.2 Å². The molecule has 4 heteroatoms. The van der Waals surface area contributed by atoms with Crippen molar-refractivity contribution in [2.45, 2.75) is 0 Å². The van der Waals surface area contributed by atoms with E-state index in [1.165, 1.54) is 18.2 Å². The molecule has 0 bridgehead atoms. The maximum absolute atomic E-state index is 13.1. The summed E-state index contributed by atoms with van der Waals surface area (Å²) in [5.74, 6) is -0.692. The predicted molar refractivity (Wildman–Crippen MR) is 47.6 cm³/mol. The predicted octanol–water partition coefficient (Wildman–Crippen LogP) is 1.34. The van der Waals surface area contributed by atoms with Crippen LogP contribution in [-0.4, -0.2) is 0 Å². The second kappa shape index (κ2) is 4.06. The van der Waals surface area contributed by atoms with Gasteiger partial charge in [0.05, 0.1) is 5.57 Å². The molecule has 0 spiro atoms. The van der Waals surface area contributed by atoms with Gasteiger partial charge in [0.25, 0.3) is 0 Å². The molecule has 3 nitrogen and oxygen atoms in total. The smallest absolute Gasteiger partial charge is 0.139 e. The standard InChI is InChI=1S/C10H5FN3/c11-9-4-2-1-3-7(9)8(5-12)10(14)6-13/h1-3H,14H2/b10-8+. The Bertz CT molecular complexity index is 463. The van der Waals surface area contributed by atoms with Crippen LogP contribution in [0.1, 0.15) is 5.56 Å². The molecule has 67 valence electrons. The van der Waals surface area contributed by atoms with Crippen LogP contribution in [0, 0.1) is 34.5 Å². The number of hydrogen-bond acceptors (Lipinski definition) is 3. The van der Waals surface area contributed by atoms with Crippen molar-refractivity contribution < 1.29 is 4.39 Å². The van der Waals surface area contributed by atoms with Gasteiger partial charge in [0.2, 0.25) is 0 Å². The fourth-order valence-electron chi connectivity index (χ4n) is 0.931. The summed E-state index contributed by atoms with van der Waals surface area (Å²) in [4.78, 5) is 0. The molecule has 14 heavy (non-hydrogen) atoms. The highest BCUT2D eigenvalue weighted by atomic mass is 19.1. The first-order valence-electron chi connectivity index (χ1n) is 3.67. The largest absolute Gasteiger partial charge is 0.389 e. The van der Waals surface area contributed by atoms with Crippen LogP contribution in [0.15, 0.2) is 23.9 Å². The van der Waals surface area contributed by atoms with Crippen molar-refractivity contribution in [3.8, 4) is 12.1 Å². The number of nitrogens with two attached hydrogens (primary N) is 1. The Morgan fingerprint density at radius 3 is 2.64 bits per heavy atom. The van der Waals surface area contributed by atoms with Crippen LogP contribution in [-0.2, 0) is 0 Å². The summed E-state index contributed by atoms with van der Waals surface area (Å²) in [5, 5.41) is 17.2. The first kappa shape index (κ1) is 9.76. The minimum Gasteiger partial charge on any atom is -0.389 e. The number of nitrogens with zero attached hydrogens (tertiary/aromatic N) is 2. The van der Waals surface area contributed by atoms with Gasteiger partial charge >= 0.3 is 0 Å². The van der Waals surface area contributed by atoms with E-state index in [4.69, 9.17) is 16.3 Å². The molecule has 1 aromatic carbocycles. The Kier molecular flexibility index (Phi) is 2.83. The van der Waals surface area contributed by atoms with E-state index in [1.54, 1.807) is 12.1 Å². The van der Waals surface area contributed by atoms with Gasteiger partial charge in [-0.25, -0.2) is 4.39 Å². The fraction of sp³-hybridized carbons (Fsp3) is 0. The lowest BCUT2D eigenvalue weighted by Crippen LogP contribution is -2.00. The Hall–Kier alpha value is -2.33. The number of halogens is 1. The molecule has 0 aliphatic heterocycles. The average Bonchev–Trinajstić information content (AvgIpc) is 2.21. The van der Waals surface area contributed by atoms with Crippen molar-refractivity contribution >= 4 is 5.57 Å². The summed E-state index contributed by atoms with van der Waals surface area (Å²) in [6.07, 6.45) is 0. The number of hydrogen-bond donors (Lipinski definition) is 1. The van der Waals surface area contributed by atoms with Crippen LogP contribution in [0.2, 0.25) is 0 Å². The van der Waals surface area contributed by atoms with Crippen LogP contribution in [0.25, 0.3) is 5.57 Å². The van der Waals surface area contributed by atoms with E-state index in [0.717, 1.165) is 0 Å². The minimum atomic E-state index is -0.692. The topological polar surface area (TPSA) is 73.6 Å². The van der Waals surface area contributed by atoms with Crippen LogP contribution in [0.5, 0.6) is 0 Å². The first-order chi connectivity index (χ1) is 6.70. The molecule has 0 aromatic heterocycles. The fourth-order valence-corrected chi connectivity index (χ4v) is 0.931. The summed E-state index contributed by atoms with van der Waals surface area (Å²) in [6.45, 7) is 0. The van der Waals surface area contributed by atoms with E-state index in [-0.39, 0.29) is 16.8 Å². The molecule has 0 heterocycles. The maximum atomic E-state index is 13.1. The molecule has 0 unspecified atom stereocenters. The molecule has 0 saturated heterocycles. The Morgan fingerprint density at radius 2 is 2.14 bits per heavy atom. The van der Waals surface area contributed by atoms with E-state index in [1.807, 2.05) is 0 Å². The zero-order valence-corrected chi connectivity index (χ0v) is 7.08. The summed E-state index contributed by atoms with van der Waals surface area (Å²) in [6, 6.07) is 9.81. The summed E-state index contributed by atoms with van der Waals surface area (Å²) in [7, 11) is 0. The lowest BCUT2D eigenvalue weighted by atomic mass is 10.1. The lowest BCUT2D eigenvalue weighted by molar-refractivity contribution is 0.622. The molecule has 1 radical (unpaired) electrons. The second-order valence-corrected chi connectivity index (χ2v) is 2.41. The van der Waals surface area contributed by atoms with Gasteiger partial charge in [-0.15, -0.1) is 0 Å². The minimum absolute atomic E-state index is 0.00551. The van der Waals surface area contributed by atoms with E-state index in [0.29, 0.717) is 0 Å².